The number of carbonyl (C=O) groups is 1. The van der Waals surface area contributed by atoms with Crippen LogP contribution in [0.4, 0.5) is 5.69 Å². The molecule has 0 heterocycles. The minimum absolute atomic E-state index is 0.0852. The molecule has 1 amide bonds. The maximum absolute atomic E-state index is 12.2. The van der Waals surface area contributed by atoms with Crippen molar-refractivity contribution in [2.75, 3.05) is 5.32 Å². The molecule has 0 aromatic heterocycles. The molecule has 3 nitrogen and oxygen atoms in total. The fraction of sp³-hybridized carbons (Fsp3) is 0.125. The number of benzene rings is 2. The SMILES string of the molecule is CC(Sc1ccc(Br)cc1)C(=O)Nc1cccc(C#N)c1. The standard InChI is InChI=1S/C16H13BrN2OS/c1-11(21-15-7-5-13(17)6-8-15)16(20)19-14-4-2-3-12(9-14)10-18/h2-9,11H,1H3,(H,19,20). The maximum Gasteiger partial charge on any atom is 0.237 e. The highest BCUT2D eigenvalue weighted by atomic mass is 79.9. The first-order chi connectivity index (χ1) is 10.1. The van der Waals surface area contributed by atoms with Crippen LogP contribution in [0.2, 0.25) is 0 Å². The van der Waals surface area contributed by atoms with Crippen molar-refractivity contribution in [3.63, 3.8) is 0 Å². The van der Waals surface area contributed by atoms with E-state index in [4.69, 9.17) is 5.26 Å². The lowest BCUT2D eigenvalue weighted by atomic mass is 10.2. The highest BCUT2D eigenvalue weighted by molar-refractivity contribution is 9.10. The van der Waals surface area contributed by atoms with Crippen LogP contribution < -0.4 is 5.32 Å². The Bertz CT molecular complexity index is 679. The number of amides is 1. The lowest BCUT2D eigenvalue weighted by Gasteiger charge is -2.12. The summed E-state index contributed by atoms with van der Waals surface area (Å²) in [6.07, 6.45) is 0. The fourth-order valence-electron chi connectivity index (χ4n) is 1.68. The van der Waals surface area contributed by atoms with Crippen molar-refractivity contribution >= 4 is 39.3 Å². The summed E-state index contributed by atoms with van der Waals surface area (Å²) in [7, 11) is 0. The summed E-state index contributed by atoms with van der Waals surface area (Å²) in [5.41, 5.74) is 1.17. The summed E-state index contributed by atoms with van der Waals surface area (Å²) in [4.78, 5) is 13.2. The molecule has 0 aliphatic rings. The molecule has 0 fully saturated rings. The van der Waals surface area contributed by atoms with Crippen LogP contribution in [0.1, 0.15) is 12.5 Å². The molecule has 0 saturated carbocycles. The van der Waals surface area contributed by atoms with Crippen molar-refractivity contribution in [3.8, 4) is 6.07 Å². The van der Waals surface area contributed by atoms with Crippen LogP contribution in [0.5, 0.6) is 0 Å². The Balaban J connectivity index is 1.99. The molecule has 1 N–H and O–H groups in total. The summed E-state index contributed by atoms with van der Waals surface area (Å²) in [5.74, 6) is -0.0852. The van der Waals surface area contributed by atoms with E-state index in [2.05, 4.69) is 27.3 Å². The number of nitrogens with one attached hydrogen (secondary N) is 1. The third-order valence-corrected chi connectivity index (χ3v) is 4.40. The zero-order chi connectivity index (χ0) is 15.2. The average molecular weight is 361 g/mol. The third-order valence-electron chi connectivity index (χ3n) is 2.75. The van der Waals surface area contributed by atoms with Gasteiger partial charge >= 0.3 is 0 Å². The van der Waals surface area contributed by atoms with Crippen LogP contribution in [0, 0.1) is 11.3 Å². The van der Waals surface area contributed by atoms with E-state index < -0.39 is 0 Å². The van der Waals surface area contributed by atoms with Gasteiger partial charge in [-0.1, -0.05) is 22.0 Å². The predicted molar refractivity (Wildman–Crippen MR) is 89.2 cm³/mol. The number of hydrogen-bond donors (Lipinski definition) is 1. The van der Waals surface area contributed by atoms with Crippen molar-refractivity contribution in [2.45, 2.75) is 17.1 Å². The van der Waals surface area contributed by atoms with Gasteiger partial charge in [0.2, 0.25) is 5.91 Å². The van der Waals surface area contributed by atoms with Gasteiger partial charge in [-0.15, -0.1) is 11.8 Å². The molecule has 1 atom stereocenters. The largest absolute Gasteiger partial charge is 0.325 e. The number of hydrogen-bond acceptors (Lipinski definition) is 3. The molecule has 2 aromatic carbocycles. The molecule has 2 aromatic rings. The summed E-state index contributed by atoms with van der Waals surface area (Å²) in [6.45, 7) is 1.86. The molecule has 0 radical (unpaired) electrons. The van der Waals surface area contributed by atoms with Crippen molar-refractivity contribution in [1.82, 2.24) is 0 Å². The molecule has 0 spiro atoms. The summed E-state index contributed by atoms with van der Waals surface area (Å²) in [6, 6.07) is 16.8. The van der Waals surface area contributed by atoms with Crippen molar-refractivity contribution < 1.29 is 4.79 Å². The number of halogens is 1. The van der Waals surface area contributed by atoms with E-state index in [-0.39, 0.29) is 11.2 Å². The van der Waals surface area contributed by atoms with Crippen LogP contribution >= 0.6 is 27.7 Å². The predicted octanol–water partition coefficient (Wildman–Crippen LogP) is 4.44. The van der Waals surface area contributed by atoms with Gasteiger partial charge in [-0.25, -0.2) is 0 Å². The van der Waals surface area contributed by atoms with Gasteiger partial charge in [-0.2, -0.15) is 5.26 Å². The minimum atomic E-state index is -0.225. The van der Waals surface area contributed by atoms with Crippen molar-refractivity contribution in [3.05, 3.63) is 58.6 Å². The fourth-order valence-corrected chi connectivity index (χ4v) is 2.81. The molecule has 0 saturated heterocycles. The lowest BCUT2D eigenvalue weighted by Crippen LogP contribution is -2.22. The van der Waals surface area contributed by atoms with Gasteiger partial charge in [0.1, 0.15) is 0 Å². The van der Waals surface area contributed by atoms with Crippen LogP contribution in [0.15, 0.2) is 57.9 Å². The number of nitrogens with zero attached hydrogens (tertiary/aromatic N) is 1. The monoisotopic (exact) mass is 360 g/mol. The second-order valence-corrected chi connectivity index (χ2v) is 6.73. The molecule has 21 heavy (non-hydrogen) atoms. The van der Waals surface area contributed by atoms with E-state index in [9.17, 15) is 4.79 Å². The van der Waals surface area contributed by atoms with E-state index in [1.165, 1.54) is 11.8 Å². The topological polar surface area (TPSA) is 52.9 Å². The molecule has 0 bridgehead atoms. The lowest BCUT2D eigenvalue weighted by molar-refractivity contribution is -0.115. The highest BCUT2D eigenvalue weighted by Crippen LogP contribution is 2.25. The molecule has 5 heteroatoms. The first-order valence-electron chi connectivity index (χ1n) is 6.32. The number of nitriles is 1. The normalized spacial score (nSPS) is 11.5. The van der Waals surface area contributed by atoms with Gasteiger partial charge in [0.25, 0.3) is 0 Å². The smallest absolute Gasteiger partial charge is 0.237 e. The third kappa shape index (κ3) is 4.62. The highest BCUT2D eigenvalue weighted by Gasteiger charge is 2.14. The Kier molecular flexibility index (Phi) is 5.43. The summed E-state index contributed by atoms with van der Waals surface area (Å²) >= 11 is 4.88. The van der Waals surface area contributed by atoms with Gasteiger partial charge in [-0.05, 0) is 49.4 Å². The van der Waals surface area contributed by atoms with Gasteiger partial charge in [0, 0.05) is 15.1 Å². The molecular weight excluding hydrogens is 348 g/mol. The van der Waals surface area contributed by atoms with Gasteiger partial charge < -0.3 is 5.32 Å². The van der Waals surface area contributed by atoms with Gasteiger partial charge in [0.05, 0.1) is 16.9 Å². The second kappa shape index (κ2) is 7.30. The van der Waals surface area contributed by atoms with Gasteiger partial charge in [0.15, 0.2) is 0 Å². The molecule has 0 aliphatic heterocycles. The number of thioether (sulfide) groups is 1. The van der Waals surface area contributed by atoms with Crippen molar-refractivity contribution in [2.24, 2.45) is 0 Å². The molecule has 1 unspecified atom stereocenters. The van der Waals surface area contributed by atoms with E-state index in [0.717, 1.165) is 9.37 Å². The number of carbonyl (C=O) groups excluding carboxylic acids is 1. The second-order valence-electron chi connectivity index (χ2n) is 4.40. The number of anilines is 1. The Hall–Kier alpha value is -1.77. The van der Waals surface area contributed by atoms with E-state index in [0.29, 0.717) is 11.3 Å². The van der Waals surface area contributed by atoms with Crippen LogP contribution in [0.25, 0.3) is 0 Å². The van der Waals surface area contributed by atoms with Crippen LogP contribution in [-0.2, 0) is 4.79 Å². The van der Waals surface area contributed by atoms with Crippen LogP contribution in [0.3, 0.4) is 0 Å². The Morgan fingerprint density at radius 2 is 2.00 bits per heavy atom. The van der Waals surface area contributed by atoms with Crippen LogP contribution in [-0.4, -0.2) is 11.2 Å². The summed E-state index contributed by atoms with van der Waals surface area (Å²) in [5, 5.41) is 11.5. The van der Waals surface area contributed by atoms with Crippen molar-refractivity contribution in [1.29, 1.82) is 5.26 Å². The first-order valence-corrected chi connectivity index (χ1v) is 7.99. The summed E-state index contributed by atoms with van der Waals surface area (Å²) < 4.78 is 1.01. The van der Waals surface area contributed by atoms with E-state index in [1.807, 2.05) is 31.2 Å². The van der Waals surface area contributed by atoms with E-state index >= 15 is 0 Å². The quantitative estimate of drug-likeness (QED) is 0.819. The van der Waals surface area contributed by atoms with E-state index in [1.54, 1.807) is 24.3 Å². The molecule has 0 aliphatic carbocycles. The maximum atomic E-state index is 12.2. The average Bonchev–Trinajstić information content (AvgIpc) is 2.49. The van der Waals surface area contributed by atoms with Gasteiger partial charge in [-0.3, -0.25) is 4.79 Å². The first kappa shape index (κ1) is 15.6. The zero-order valence-electron chi connectivity index (χ0n) is 11.3. The molecule has 2 rings (SSSR count). The minimum Gasteiger partial charge on any atom is -0.325 e. The Morgan fingerprint density at radius 1 is 1.29 bits per heavy atom. The zero-order valence-corrected chi connectivity index (χ0v) is 13.7. The number of rotatable bonds is 4. The Labute approximate surface area is 136 Å². The molecular formula is C16H13BrN2OS. The Morgan fingerprint density at radius 3 is 2.67 bits per heavy atom. The molecule has 106 valence electrons.